The standard InChI is InChI=1S/C24H27F2N3O6S.C20H23F2N3O4S.C8H8O7.5CH4/c1-15(30)34-21(23(32)27-8-7-18-4-3-13-36-18)22(35-16(2)31)24(33)29-11-9-28(10-12-29)20-6-5-17(25)14-19(20)26;21-13-3-4-16(15(22)12-13)24-7-9-25(10-8-24)20(29)18(27)17(26)19(28)23-6-5-14-2-1-11-30-14;1-3(9)13-5-6(14-4(2)10)8(12)15-7(5)11;;;;;/h3-6,13-14,21-22H,7-12H2,1-2H3,(H,27,32);1-4,11-12,17-18,26-27H,5-10H2,(H,23,28);5-6H,1-2H3;5*1H4/t21-,22-;17-,18-;5-,6-;;;;;/m111...../s1. The van der Waals surface area contributed by atoms with Crippen LogP contribution >= 0.6 is 22.7 Å². The lowest BCUT2D eigenvalue weighted by Gasteiger charge is -2.38. The number of thiophene rings is 2. The Hall–Kier alpha value is -8.02. The van der Waals surface area contributed by atoms with Gasteiger partial charge in [-0.1, -0.05) is 49.3 Å². The Bertz CT molecular complexity index is 2840. The van der Waals surface area contributed by atoms with E-state index < -0.39 is 119 Å². The molecule has 7 rings (SSSR count). The minimum atomic E-state index is -1.89. The summed E-state index contributed by atoms with van der Waals surface area (Å²) in [6.07, 6.45) is -9.03. The van der Waals surface area contributed by atoms with Gasteiger partial charge < -0.3 is 64.1 Å². The number of aliphatic hydroxyl groups is 2. The van der Waals surface area contributed by atoms with Gasteiger partial charge >= 0.3 is 35.8 Å². The molecule has 23 nitrogen and oxygen atoms in total. The summed E-state index contributed by atoms with van der Waals surface area (Å²) in [6, 6.07) is 14.1. The van der Waals surface area contributed by atoms with Crippen LogP contribution in [0.1, 0.15) is 74.6 Å². The number of carbonyl (C=O) groups is 10. The Morgan fingerprint density at radius 2 is 0.930 bits per heavy atom. The van der Waals surface area contributed by atoms with E-state index in [1.54, 1.807) is 21.1 Å². The van der Waals surface area contributed by atoms with Crippen LogP contribution in [-0.2, 0) is 84.5 Å². The van der Waals surface area contributed by atoms with Crippen molar-refractivity contribution in [3.8, 4) is 0 Å². The molecular formula is C57H78F4N6O17S2. The molecule has 3 aliphatic rings. The second kappa shape index (κ2) is 37.4. The highest BCUT2D eigenvalue weighted by Gasteiger charge is 2.49. The molecule has 4 amide bonds. The smallest absolute Gasteiger partial charge is 0.359 e. The zero-order chi connectivity index (χ0) is 59.5. The summed E-state index contributed by atoms with van der Waals surface area (Å²) >= 11 is 3.06. The molecule has 3 fully saturated rings. The van der Waals surface area contributed by atoms with E-state index in [0.29, 0.717) is 12.8 Å². The van der Waals surface area contributed by atoms with Crippen molar-refractivity contribution in [2.75, 3.05) is 75.2 Å². The van der Waals surface area contributed by atoms with E-state index >= 15 is 0 Å². The number of benzene rings is 2. The van der Waals surface area contributed by atoms with Crippen LogP contribution in [0.3, 0.4) is 0 Å². The number of piperazine rings is 2. The van der Waals surface area contributed by atoms with Crippen molar-refractivity contribution < 1.29 is 99.4 Å². The molecule has 29 heteroatoms. The Labute approximate surface area is 505 Å². The summed E-state index contributed by atoms with van der Waals surface area (Å²) in [5.74, 6) is -11.1. The first-order chi connectivity index (χ1) is 38.4. The zero-order valence-corrected chi connectivity index (χ0v) is 45.6. The largest absolute Gasteiger partial charge is 0.448 e. The third-order valence-corrected chi connectivity index (χ3v) is 13.8. The molecule has 4 N–H and O–H groups in total. The van der Waals surface area contributed by atoms with E-state index in [2.05, 4.69) is 24.8 Å². The van der Waals surface area contributed by atoms with Gasteiger partial charge in [0.2, 0.25) is 24.4 Å². The van der Waals surface area contributed by atoms with Crippen LogP contribution in [0.15, 0.2) is 71.4 Å². The molecule has 0 bridgehead atoms. The zero-order valence-electron chi connectivity index (χ0n) is 44.0. The van der Waals surface area contributed by atoms with Crippen molar-refractivity contribution in [2.24, 2.45) is 0 Å². The highest BCUT2D eigenvalue weighted by Crippen LogP contribution is 2.25. The van der Waals surface area contributed by atoms with Crippen LogP contribution in [-0.4, -0.2) is 182 Å². The molecule has 86 heavy (non-hydrogen) atoms. The highest BCUT2D eigenvalue weighted by molar-refractivity contribution is 7.10. The van der Waals surface area contributed by atoms with Gasteiger partial charge in [-0.25, -0.2) is 27.2 Å². The number of carbonyl (C=O) groups excluding carboxylic acids is 10. The molecule has 0 spiro atoms. The molecule has 2 aromatic heterocycles. The first-order valence-corrected chi connectivity index (χ1v) is 26.6. The highest BCUT2D eigenvalue weighted by atomic mass is 32.1. The van der Waals surface area contributed by atoms with E-state index in [0.717, 1.165) is 61.7 Å². The summed E-state index contributed by atoms with van der Waals surface area (Å²) < 4.78 is 77.8. The number of ether oxygens (including phenoxy) is 5. The molecule has 0 radical (unpaired) electrons. The Morgan fingerprint density at radius 1 is 0.547 bits per heavy atom. The molecule has 3 aliphatic heterocycles. The number of amides is 4. The van der Waals surface area contributed by atoms with Gasteiger partial charge in [0.15, 0.2) is 12.2 Å². The van der Waals surface area contributed by atoms with Gasteiger partial charge in [0.25, 0.3) is 23.6 Å². The molecular weight excluding hydrogens is 1180 g/mol. The summed E-state index contributed by atoms with van der Waals surface area (Å²) in [5, 5.41) is 29.1. The molecule has 478 valence electrons. The number of aliphatic hydroxyl groups excluding tert-OH is 2. The Morgan fingerprint density at radius 3 is 1.29 bits per heavy atom. The third kappa shape index (κ3) is 23.1. The third-order valence-electron chi connectivity index (χ3n) is 11.9. The lowest BCUT2D eigenvalue weighted by atomic mass is 10.1. The van der Waals surface area contributed by atoms with Crippen molar-refractivity contribution >= 4 is 93.5 Å². The summed E-state index contributed by atoms with van der Waals surface area (Å²) in [6.45, 7) is 6.29. The van der Waals surface area contributed by atoms with Gasteiger partial charge in [-0.3, -0.25) is 38.4 Å². The first kappa shape index (κ1) is 78.0. The minimum absolute atomic E-state index is 0. The minimum Gasteiger partial charge on any atom is -0.448 e. The van der Waals surface area contributed by atoms with Gasteiger partial charge in [0, 0.05) is 115 Å². The van der Waals surface area contributed by atoms with E-state index in [1.165, 1.54) is 33.3 Å². The predicted molar refractivity (Wildman–Crippen MR) is 311 cm³/mol. The van der Waals surface area contributed by atoms with E-state index in [-0.39, 0.29) is 114 Å². The topological polar surface area (TPSA) is 294 Å². The fraction of sp³-hybridized carbons (Fsp3) is 0.474. The van der Waals surface area contributed by atoms with Crippen LogP contribution in [0.2, 0.25) is 0 Å². The maximum Gasteiger partial charge on any atom is 0.359 e. The molecule has 3 saturated heterocycles. The first-order valence-electron chi connectivity index (χ1n) is 24.8. The van der Waals surface area contributed by atoms with E-state index in [1.807, 2.05) is 35.0 Å². The monoisotopic (exact) mass is 1260 g/mol. The van der Waals surface area contributed by atoms with Crippen LogP contribution in [0.25, 0.3) is 0 Å². The second-order valence-corrected chi connectivity index (χ2v) is 19.9. The number of hydrogen-bond acceptors (Lipinski definition) is 21. The second-order valence-electron chi connectivity index (χ2n) is 17.8. The number of halogens is 4. The number of nitrogens with zero attached hydrogens (tertiary/aromatic N) is 4. The van der Waals surface area contributed by atoms with Gasteiger partial charge in [-0.15, -0.1) is 22.7 Å². The molecule has 0 aliphatic carbocycles. The lowest BCUT2D eigenvalue weighted by molar-refractivity contribution is -0.178. The van der Waals surface area contributed by atoms with Gasteiger partial charge in [0.1, 0.15) is 23.3 Å². The summed E-state index contributed by atoms with van der Waals surface area (Å²) in [7, 11) is 0. The van der Waals surface area contributed by atoms with Crippen molar-refractivity contribution in [2.45, 2.75) is 114 Å². The van der Waals surface area contributed by atoms with Crippen molar-refractivity contribution in [3.05, 3.63) is 104 Å². The number of nitrogens with one attached hydrogen (secondary N) is 2. The van der Waals surface area contributed by atoms with E-state index in [4.69, 9.17) is 9.47 Å². The number of hydrogen-bond donors (Lipinski definition) is 4. The number of esters is 6. The molecule has 4 aromatic rings. The van der Waals surface area contributed by atoms with Crippen LogP contribution < -0.4 is 20.4 Å². The molecule has 6 atom stereocenters. The fourth-order valence-corrected chi connectivity index (χ4v) is 9.50. The van der Waals surface area contributed by atoms with Gasteiger partial charge in [0.05, 0.1) is 11.4 Å². The maximum absolute atomic E-state index is 14.2. The molecule has 5 heterocycles. The van der Waals surface area contributed by atoms with Gasteiger partial charge in [-0.05, 0) is 60.0 Å². The lowest BCUT2D eigenvalue weighted by Crippen LogP contribution is -2.57. The Balaban J connectivity index is 0.00000131. The number of rotatable bonds is 18. The quantitative estimate of drug-likeness (QED) is 0.0452. The summed E-state index contributed by atoms with van der Waals surface area (Å²) in [5.41, 5.74) is 0.428. The normalized spacial score (nSPS) is 16.3. The average molecular weight is 1260 g/mol. The SMILES string of the molecule is C.C.C.C.C.CC(=O)O[C@@H](C(=O)NCCc1cccs1)[C@@H](OC(C)=O)C(=O)N1CCN(c2ccc(F)cc2F)CC1.CC(=O)O[C@H]1C(=O)OC(=O)[C@@H]1OC(C)=O.O=C(NCCc1cccs1)[C@H](O)[C@@H](O)C(=O)N1CCN(c2ccc(F)cc2F)CC1. The van der Waals surface area contributed by atoms with Gasteiger partial charge in [-0.2, -0.15) is 0 Å². The van der Waals surface area contributed by atoms with Crippen LogP contribution in [0, 0.1) is 23.3 Å². The van der Waals surface area contributed by atoms with Crippen molar-refractivity contribution in [1.29, 1.82) is 0 Å². The van der Waals surface area contributed by atoms with Crippen molar-refractivity contribution in [3.63, 3.8) is 0 Å². The number of cyclic esters (lactones) is 2. The number of anilines is 2. The van der Waals surface area contributed by atoms with Crippen LogP contribution in [0.5, 0.6) is 0 Å². The fourth-order valence-electron chi connectivity index (χ4n) is 8.08. The van der Waals surface area contributed by atoms with Crippen molar-refractivity contribution in [1.82, 2.24) is 20.4 Å². The van der Waals surface area contributed by atoms with Crippen LogP contribution in [0.4, 0.5) is 28.9 Å². The molecule has 2 aromatic carbocycles. The molecule has 0 saturated carbocycles. The van der Waals surface area contributed by atoms with E-state index in [9.17, 15) is 75.7 Å². The average Bonchev–Trinajstić information content (AvgIpc) is 4.10. The summed E-state index contributed by atoms with van der Waals surface area (Å²) in [4.78, 5) is 125. The Kier molecular flexibility index (Phi) is 33.9. The predicted octanol–water partition coefficient (Wildman–Crippen LogP) is 4.77. The maximum atomic E-state index is 14.2. The molecule has 0 unspecified atom stereocenters.